The zero-order chi connectivity index (χ0) is 27.2. The number of piperazine rings is 1. The number of fused-ring (bicyclic) bond motifs is 2. The fourth-order valence-corrected chi connectivity index (χ4v) is 9.87. The van der Waals surface area contributed by atoms with Gasteiger partial charge < -0.3 is 16.0 Å². The highest BCUT2D eigenvalue weighted by molar-refractivity contribution is 7.90. The Bertz CT molecular complexity index is 1230. The lowest BCUT2D eigenvalue weighted by molar-refractivity contribution is -0.124. The number of nitrogens with zero attached hydrogens (tertiary/aromatic N) is 2. The second-order valence-electron chi connectivity index (χ2n) is 11.9. The summed E-state index contributed by atoms with van der Waals surface area (Å²) in [6, 6.07) is 6.90. The maximum Gasteiger partial charge on any atom is 0.237 e. The molecule has 1 aromatic carbocycles. The van der Waals surface area contributed by atoms with Crippen LogP contribution >= 0.6 is 0 Å². The number of hydrogen-bond acceptors (Lipinski definition) is 7. The van der Waals surface area contributed by atoms with Crippen LogP contribution in [0.25, 0.3) is 0 Å². The highest BCUT2D eigenvalue weighted by Crippen LogP contribution is 2.66. The third kappa shape index (κ3) is 5.55. The Morgan fingerprint density at radius 1 is 1.14 bits per heavy atom. The number of nitrogens with one attached hydrogen (secondary N) is 1. The first kappa shape index (κ1) is 28.3. The van der Waals surface area contributed by atoms with Gasteiger partial charge in [-0.3, -0.25) is 4.79 Å². The van der Waals surface area contributed by atoms with Gasteiger partial charge in [-0.05, 0) is 55.6 Å². The number of nitrogens with two attached hydrogens (primary N) is 1. The standard InChI is InChI=1S/C26H42N4O5S2/c1-19-7-5-6-8-22(19)29-12-14-30(15-13-29)37(34,35)18-26-11-9-20(25(26,2)3)17-23(26)28-24(31)21(27)10-16-36(4,32)33/h5-8,20-21,23H,9-18,27H2,1-4H3,(H,28,31)/t20?,21-,23-,26+/m0/s1. The molecule has 1 aliphatic heterocycles. The van der Waals surface area contributed by atoms with Gasteiger partial charge in [-0.1, -0.05) is 32.0 Å². The molecule has 4 rings (SSSR count). The molecular weight excluding hydrogens is 512 g/mol. The predicted octanol–water partition coefficient (Wildman–Crippen LogP) is 1.52. The van der Waals surface area contributed by atoms with Crippen molar-refractivity contribution in [2.24, 2.45) is 22.5 Å². The van der Waals surface area contributed by atoms with Crippen LogP contribution < -0.4 is 16.0 Å². The number of para-hydroxylation sites is 1. The molecule has 208 valence electrons. The lowest BCUT2D eigenvalue weighted by Crippen LogP contribution is -2.57. The summed E-state index contributed by atoms with van der Waals surface area (Å²) in [5.74, 6) is -0.245. The molecule has 1 saturated heterocycles. The number of carbonyl (C=O) groups is 1. The topological polar surface area (TPSA) is 130 Å². The molecule has 2 bridgehead atoms. The van der Waals surface area contributed by atoms with Crippen LogP contribution in [0, 0.1) is 23.7 Å². The molecular formula is C26H42N4O5S2. The minimum Gasteiger partial charge on any atom is -0.369 e. The van der Waals surface area contributed by atoms with Crippen molar-refractivity contribution in [2.45, 2.75) is 58.5 Å². The van der Waals surface area contributed by atoms with Crippen LogP contribution in [0.2, 0.25) is 0 Å². The number of anilines is 1. The maximum absolute atomic E-state index is 13.8. The van der Waals surface area contributed by atoms with Gasteiger partial charge in [0.05, 0.1) is 17.5 Å². The highest BCUT2D eigenvalue weighted by atomic mass is 32.2. The second-order valence-corrected chi connectivity index (χ2v) is 16.1. The fourth-order valence-electron chi connectivity index (χ4n) is 6.92. The Hall–Kier alpha value is -1.69. The molecule has 0 radical (unpaired) electrons. The smallest absolute Gasteiger partial charge is 0.237 e. The molecule has 3 aliphatic rings. The lowest BCUT2D eigenvalue weighted by Gasteiger charge is -2.44. The third-order valence-corrected chi connectivity index (χ3v) is 12.4. The van der Waals surface area contributed by atoms with Gasteiger partial charge in [-0.25, -0.2) is 16.8 Å². The molecule has 0 aromatic heterocycles. The van der Waals surface area contributed by atoms with Gasteiger partial charge in [0.1, 0.15) is 9.84 Å². The van der Waals surface area contributed by atoms with E-state index >= 15 is 0 Å². The number of aryl methyl sites for hydroxylation is 1. The predicted molar refractivity (Wildman–Crippen MR) is 147 cm³/mol. The van der Waals surface area contributed by atoms with Gasteiger partial charge in [0, 0.05) is 49.6 Å². The van der Waals surface area contributed by atoms with Gasteiger partial charge in [-0.15, -0.1) is 0 Å². The van der Waals surface area contributed by atoms with Crippen LogP contribution in [0.1, 0.15) is 45.1 Å². The van der Waals surface area contributed by atoms with E-state index in [9.17, 15) is 21.6 Å². The van der Waals surface area contributed by atoms with Crippen LogP contribution in [0.3, 0.4) is 0 Å². The first-order valence-corrected chi connectivity index (χ1v) is 16.9. The molecule has 1 aromatic rings. The van der Waals surface area contributed by atoms with Gasteiger partial charge >= 0.3 is 0 Å². The molecule has 3 N–H and O–H groups in total. The average Bonchev–Trinajstić information content (AvgIpc) is 3.17. The van der Waals surface area contributed by atoms with Crippen molar-refractivity contribution in [3.05, 3.63) is 29.8 Å². The zero-order valence-corrected chi connectivity index (χ0v) is 24.1. The van der Waals surface area contributed by atoms with Gasteiger partial charge in [0.15, 0.2) is 0 Å². The molecule has 2 aliphatic carbocycles. The molecule has 37 heavy (non-hydrogen) atoms. The lowest BCUT2D eigenvalue weighted by atomic mass is 9.69. The summed E-state index contributed by atoms with van der Waals surface area (Å²) in [4.78, 5) is 15.2. The third-order valence-electron chi connectivity index (χ3n) is 9.41. The van der Waals surface area contributed by atoms with E-state index in [2.05, 4.69) is 43.1 Å². The summed E-state index contributed by atoms with van der Waals surface area (Å²) >= 11 is 0. The van der Waals surface area contributed by atoms with Crippen molar-refractivity contribution in [1.82, 2.24) is 9.62 Å². The molecule has 1 unspecified atom stereocenters. The summed E-state index contributed by atoms with van der Waals surface area (Å²) in [5, 5.41) is 3.05. The van der Waals surface area contributed by atoms with Crippen molar-refractivity contribution in [3.63, 3.8) is 0 Å². The van der Waals surface area contributed by atoms with Crippen LogP contribution in [0.4, 0.5) is 5.69 Å². The van der Waals surface area contributed by atoms with E-state index in [0.29, 0.717) is 38.5 Å². The minimum atomic E-state index is -3.57. The van der Waals surface area contributed by atoms with Crippen molar-refractivity contribution in [2.75, 3.05) is 48.8 Å². The summed E-state index contributed by atoms with van der Waals surface area (Å²) < 4.78 is 52.2. The SMILES string of the molecule is Cc1ccccc1N1CCN(S(=O)(=O)C[C@]23CCC(C[C@@H]2NC(=O)[C@@H](N)CCS(C)(=O)=O)C3(C)C)CC1. The Kier molecular flexibility index (Phi) is 7.75. The maximum atomic E-state index is 13.8. The van der Waals surface area contributed by atoms with E-state index in [1.807, 2.05) is 12.1 Å². The van der Waals surface area contributed by atoms with E-state index in [0.717, 1.165) is 24.8 Å². The summed E-state index contributed by atoms with van der Waals surface area (Å²) in [6.45, 7) is 8.47. The van der Waals surface area contributed by atoms with E-state index < -0.39 is 37.2 Å². The molecule has 3 fully saturated rings. The minimum absolute atomic E-state index is 0.00259. The molecule has 11 heteroatoms. The molecule has 2 saturated carbocycles. The number of rotatable bonds is 9. The molecule has 9 nitrogen and oxygen atoms in total. The molecule has 0 spiro atoms. The molecule has 1 heterocycles. The normalized spacial score (nSPS) is 28.8. The van der Waals surface area contributed by atoms with Crippen molar-refractivity contribution >= 4 is 31.5 Å². The number of hydrogen-bond donors (Lipinski definition) is 2. The number of sulfonamides is 1. The van der Waals surface area contributed by atoms with Gasteiger partial charge in [-0.2, -0.15) is 4.31 Å². The van der Waals surface area contributed by atoms with E-state index in [4.69, 9.17) is 5.73 Å². The van der Waals surface area contributed by atoms with Crippen molar-refractivity contribution < 1.29 is 21.6 Å². The molecule has 4 atom stereocenters. The highest BCUT2D eigenvalue weighted by Gasteiger charge is 2.65. The van der Waals surface area contributed by atoms with Crippen molar-refractivity contribution in [3.8, 4) is 0 Å². The Morgan fingerprint density at radius 3 is 2.38 bits per heavy atom. The van der Waals surface area contributed by atoms with Crippen molar-refractivity contribution in [1.29, 1.82) is 0 Å². The first-order valence-electron chi connectivity index (χ1n) is 13.2. The Morgan fingerprint density at radius 2 is 1.78 bits per heavy atom. The fraction of sp³-hybridized carbons (Fsp3) is 0.731. The van der Waals surface area contributed by atoms with E-state index in [1.54, 1.807) is 4.31 Å². The van der Waals surface area contributed by atoms with Gasteiger partial charge in [0.25, 0.3) is 0 Å². The van der Waals surface area contributed by atoms with Crippen LogP contribution in [-0.4, -0.2) is 83.1 Å². The largest absolute Gasteiger partial charge is 0.369 e. The van der Waals surface area contributed by atoms with Crippen LogP contribution in [0.15, 0.2) is 24.3 Å². The van der Waals surface area contributed by atoms with E-state index in [-0.39, 0.29) is 29.4 Å². The number of benzene rings is 1. The summed E-state index contributed by atoms with van der Waals surface area (Å²) in [6.07, 6.45) is 3.55. The average molecular weight is 555 g/mol. The van der Waals surface area contributed by atoms with Crippen LogP contribution in [-0.2, 0) is 24.7 Å². The summed E-state index contributed by atoms with van der Waals surface area (Å²) in [7, 11) is -6.80. The monoisotopic (exact) mass is 554 g/mol. The Labute approximate surface area is 222 Å². The zero-order valence-electron chi connectivity index (χ0n) is 22.4. The molecule has 1 amide bonds. The number of amides is 1. The van der Waals surface area contributed by atoms with Crippen LogP contribution in [0.5, 0.6) is 0 Å². The number of sulfone groups is 1. The second kappa shape index (κ2) is 10.1. The Balaban J connectivity index is 1.46. The van der Waals surface area contributed by atoms with Gasteiger partial charge in [0.2, 0.25) is 15.9 Å². The number of carbonyl (C=O) groups excluding carboxylic acids is 1. The summed E-state index contributed by atoms with van der Waals surface area (Å²) in [5.41, 5.74) is 7.50. The quantitative estimate of drug-likeness (QED) is 0.473. The van der Waals surface area contributed by atoms with E-state index in [1.165, 1.54) is 5.56 Å². The first-order chi connectivity index (χ1) is 17.2.